The number of hydrogen-bond acceptors (Lipinski definition) is 5. The Hall–Kier alpha value is -2.57. The highest BCUT2D eigenvalue weighted by atomic mass is 19.1. The summed E-state index contributed by atoms with van der Waals surface area (Å²) in [6.07, 6.45) is 2.96. The van der Waals surface area contributed by atoms with Crippen molar-refractivity contribution in [2.45, 2.75) is 6.92 Å². The van der Waals surface area contributed by atoms with Crippen LogP contribution in [0, 0.1) is 12.7 Å². The zero-order valence-electron chi connectivity index (χ0n) is 11.4. The SMILES string of the molecule is COc1cc(F)c(C=Nn2cc(C)nc2N)c(OC)c1. The maximum absolute atomic E-state index is 14.0. The number of anilines is 1. The summed E-state index contributed by atoms with van der Waals surface area (Å²) in [5.74, 6) is 0.419. The number of aromatic nitrogens is 2. The maximum atomic E-state index is 14.0. The van der Waals surface area contributed by atoms with Gasteiger partial charge >= 0.3 is 0 Å². The lowest BCUT2D eigenvalue weighted by Gasteiger charge is -2.08. The topological polar surface area (TPSA) is 74.7 Å². The molecule has 0 saturated carbocycles. The van der Waals surface area contributed by atoms with E-state index in [2.05, 4.69) is 10.1 Å². The molecule has 0 unspecified atom stereocenters. The minimum atomic E-state index is -0.500. The van der Waals surface area contributed by atoms with Crippen LogP contribution in [0.15, 0.2) is 23.4 Å². The first-order valence-corrected chi connectivity index (χ1v) is 5.82. The van der Waals surface area contributed by atoms with Crippen molar-refractivity contribution in [1.82, 2.24) is 9.66 Å². The van der Waals surface area contributed by atoms with E-state index >= 15 is 0 Å². The number of methoxy groups -OCH3 is 2. The highest BCUT2D eigenvalue weighted by molar-refractivity contribution is 5.84. The minimum absolute atomic E-state index is 0.207. The minimum Gasteiger partial charge on any atom is -0.497 e. The number of benzene rings is 1. The molecule has 1 heterocycles. The second-order valence-corrected chi connectivity index (χ2v) is 4.05. The van der Waals surface area contributed by atoms with Crippen LogP contribution < -0.4 is 15.2 Å². The van der Waals surface area contributed by atoms with Crippen LogP contribution in [0.1, 0.15) is 11.3 Å². The molecule has 2 N–H and O–H groups in total. The fourth-order valence-corrected chi connectivity index (χ4v) is 1.70. The number of nitrogens with zero attached hydrogens (tertiary/aromatic N) is 3. The van der Waals surface area contributed by atoms with Crippen LogP contribution >= 0.6 is 0 Å². The molecule has 0 atom stereocenters. The third-order valence-electron chi connectivity index (χ3n) is 2.67. The van der Waals surface area contributed by atoms with Gasteiger partial charge in [0.1, 0.15) is 17.3 Å². The van der Waals surface area contributed by atoms with Crippen LogP contribution in [0.2, 0.25) is 0 Å². The van der Waals surface area contributed by atoms with Crippen LogP contribution in [-0.4, -0.2) is 30.1 Å². The molecule has 0 saturated heterocycles. The van der Waals surface area contributed by atoms with Crippen LogP contribution in [0.5, 0.6) is 11.5 Å². The Bertz CT molecular complexity index is 652. The monoisotopic (exact) mass is 278 g/mol. The molecule has 0 fully saturated rings. The van der Waals surface area contributed by atoms with Crippen molar-refractivity contribution in [3.05, 3.63) is 35.4 Å². The van der Waals surface area contributed by atoms with E-state index in [0.717, 1.165) is 5.69 Å². The summed E-state index contributed by atoms with van der Waals surface area (Å²) in [7, 11) is 2.90. The molecule has 0 bridgehead atoms. The van der Waals surface area contributed by atoms with Gasteiger partial charge in [0.15, 0.2) is 0 Å². The molecule has 2 aromatic rings. The molecular formula is C13H15FN4O2. The van der Waals surface area contributed by atoms with E-state index in [0.29, 0.717) is 11.5 Å². The van der Waals surface area contributed by atoms with Gasteiger partial charge in [0.05, 0.1) is 37.9 Å². The Labute approximate surface area is 115 Å². The Morgan fingerprint density at radius 2 is 2.10 bits per heavy atom. The quantitative estimate of drug-likeness (QED) is 0.865. The van der Waals surface area contributed by atoms with Gasteiger partial charge in [-0.1, -0.05) is 0 Å². The molecule has 0 amide bonds. The van der Waals surface area contributed by atoms with Gasteiger partial charge in [-0.25, -0.2) is 14.1 Å². The molecule has 6 nitrogen and oxygen atoms in total. The number of halogens is 1. The molecule has 20 heavy (non-hydrogen) atoms. The van der Waals surface area contributed by atoms with Gasteiger partial charge in [-0.05, 0) is 6.92 Å². The first-order chi connectivity index (χ1) is 9.55. The standard InChI is InChI=1S/C13H15FN4O2/c1-8-7-18(13(15)17-8)16-6-10-11(14)4-9(19-2)5-12(10)20-3/h4-7H,1-3H3,(H2,15,17). The number of rotatable bonds is 4. The number of nitrogen functional groups attached to an aromatic ring is 1. The van der Waals surface area contributed by atoms with Gasteiger partial charge in [-0.3, -0.25) is 0 Å². The van der Waals surface area contributed by atoms with Crippen molar-refractivity contribution in [1.29, 1.82) is 0 Å². The predicted molar refractivity (Wildman–Crippen MR) is 73.9 cm³/mol. The van der Waals surface area contributed by atoms with E-state index < -0.39 is 5.82 Å². The Morgan fingerprint density at radius 1 is 1.35 bits per heavy atom. The molecule has 0 aliphatic carbocycles. The van der Waals surface area contributed by atoms with Crippen LogP contribution in [0.3, 0.4) is 0 Å². The van der Waals surface area contributed by atoms with Crippen LogP contribution in [0.4, 0.5) is 10.3 Å². The summed E-state index contributed by atoms with van der Waals surface area (Å²) in [4.78, 5) is 4.00. The zero-order valence-corrected chi connectivity index (χ0v) is 11.4. The largest absolute Gasteiger partial charge is 0.497 e. The lowest BCUT2D eigenvalue weighted by molar-refractivity contribution is 0.388. The molecular weight excluding hydrogens is 263 g/mol. The lowest BCUT2D eigenvalue weighted by atomic mass is 10.2. The first kappa shape index (κ1) is 13.9. The Kier molecular flexibility index (Phi) is 3.88. The number of aryl methyl sites for hydroxylation is 1. The third-order valence-corrected chi connectivity index (χ3v) is 2.67. The normalized spacial score (nSPS) is 11.0. The van der Waals surface area contributed by atoms with Crippen molar-refractivity contribution in [2.24, 2.45) is 5.10 Å². The summed E-state index contributed by atoms with van der Waals surface area (Å²) in [6.45, 7) is 1.79. The molecule has 7 heteroatoms. The molecule has 0 aliphatic heterocycles. The molecule has 1 aromatic heterocycles. The summed E-state index contributed by atoms with van der Waals surface area (Å²) < 4.78 is 25.4. The fourth-order valence-electron chi connectivity index (χ4n) is 1.70. The van der Waals surface area contributed by atoms with Crippen molar-refractivity contribution in [3.63, 3.8) is 0 Å². The van der Waals surface area contributed by atoms with Crippen LogP contribution in [-0.2, 0) is 0 Å². The lowest BCUT2D eigenvalue weighted by Crippen LogP contribution is -2.00. The average Bonchev–Trinajstić information content (AvgIpc) is 2.74. The molecule has 0 aliphatic rings. The van der Waals surface area contributed by atoms with Crippen LogP contribution in [0.25, 0.3) is 0 Å². The zero-order chi connectivity index (χ0) is 14.7. The molecule has 0 radical (unpaired) electrons. The van der Waals surface area contributed by atoms with E-state index in [4.69, 9.17) is 15.2 Å². The van der Waals surface area contributed by atoms with E-state index in [1.807, 2.05) is 0 Å². The fraction of sp³-hybridized carbons (Fsp3) is 0.231. The predicted octanol–water partition coefficient (Wildman–Crippen LogP) is 1.81. The van der Waals surface area contributed by atoms with Crippen molar-refractivity contribution >= 4 is 12.2 Å². The highest BCUT2D eigenvalue weighted by Crippen LogP contribution is 2.26. The van der Waals surface area contributed by atoms with Crippen molar-refractivity contribution in [2.75, 3.05) is 20.0 Å². The first-order valence-electron chi connectivity index (χ1n) is 5.82. The Morgan fingerprint density at radius 3 is 2.65 bits per heavy atom. The van der Waals surface area contributed by atoms with Gasteiger partial charge in [0, 0.05) is 12.1 Å². The summed E-state index contributed by atoms with van der Waals surface area (Å²) in [6, 6.07) is 2.83. The second-order valence-electron chi connectivity index (χ2n) is 4.05. The van der Waals surface area contributed by atoms with Gasteiger partial charge in [-0.15, -0.1) is 0 Å². The molecule has 2 rings (SSSR count). The smallest absolute Gasteiger partial charge is 0.221 e. The molecule has 106 valence electrons. The van der Waals surface area contributed by atoms with E-state index in [1.165, 1.54) is 31.2 Å². The maximum Gasteiger partial charge on any atom is 0.221 e. The van der Waals surface area contributed by atoms with Gasteiger partial charge < -0.3 is 15.2 Å². The van der Waals surface area contributed by atoms with Gasteiger partial charge in [0.2, 0.25) is 5.95 Å². The van der Waals surface area contributed by atoms with Gasteiger partial charge in [0.25, 0.3) is 0 Å². The summed E-state index contributed by atoms with van der Waals surface area (Å²) in [5, 5.41) is 4.07. The van der Waals surface area contributed by atoms with Gasteiger partial charge in [-0.2, -0.15) is 5.10 Å². The summed E-state index contributed by atoms with van der Waals surface area (Å²) in [5.41, 5.74) is 6.58. The highest BCUT2D eigenvalue weighted by Gasteiger charge is 2.11. The Balaban J connectivity index is 2.40. The van der Waals surface area contributed by atoms with E-state index in [-0.39, 0.29) is 11.5 Å². The molecule has 1 aromatic carbocycles. The third kappa shape index (κ3) is 2.71. The number of nitrogens with two attached hydrogens (primary N) is 1. The summed E-state index contributed by atoms with van der Waals surface area (Å²) >= 11 is 0. The molecule has 0 spiro atoms. The number of imidazole rings is 1. The number of ether oxygens (including phenoxy) is 2. The average molecular weight is 278 g/mol. The second kappa shape index (κ2) is 5.60. The van der Waals surface area contributed by atoms with Crippen molar-refractivity contribution < 1.29 is 13.9 Å². The van der Waals surface area contributed by atoms with Crippen molar-refractivity contribution in [3.8, 4) is 11.5 Å². The van der Waals surface area contributed by atoms with E-state index in [1.54, 1.807) is 19.2 Å². The van der Waals surface area contributed by atoms with E-state index in [9.17, 15) is 4.39 Å². The number of hydrogen-bond donors (Lipinski definition) is 1.